The van der Waals surface area contributed by atoms with Gasteiger partial charge in [-0.05, 0) is 48.1 Å². The molecular weight excluding hydrogens is 405 g/mol. The second-order valence-corrected chi connectivity index (χ2v) is 8.90. The molecule has 4 rings (SSSR count). The lowest BCUT2D eigenvalue weighted by molar-refractivity contribution is -0.0222. The number of halogens is 1. The molecule has 3 aromatic rings. The van der Waals surface area contributed by atoms with Crippen LogP contribution >= 0.6 is 11.3 Å². The van der Waals surface area contributed by atoms with Crippen LogP contribution in [-0.4, -0.2) is 39.9 Å². The summed E-state index contributed by atoms with van der Waals surface area (Å²) in [5.74, 6) is 0.0526. The van der Waals surface area contributed by atoms with Crippen molar-refractivity contribution >= 4 is 17.2 Å². The molecule has 8 heteroatoms. The van der Waals surface area contributed by atoms with E-state index in [1.165, 1.54) is 12.1 Å². The predicted octanol–water partition coefficient (Wildman–Crippen LogP) is 4.06. The summed E-state index contributed by atoms with van der Waals surface area (Å²) in [5, 5.41) is 20.0. The van der Waals surface area contributed by atoms with Crippen LogP contribution in [0, 0.1) is 11.7 Å². The third-order valence-corrected chi connectivity index (χ3v) is 6.22. The molecule has 1 saturated heterocycles. The molecule has 2 N–H and O–H groups in total. The average molecular weight is 430 g/mol. The number of amides is 1. The topological polar surface area (TPSA) is 78.6 Å². The van der Waals surface area contributed by atoms with Crippen LogP contribution < -0.4 is 5.32 Å². The zero-order chi connectivity index (χ0) is 21.3. The van der Waals surface area contributed by atoms with Gasteiger partial charge in [-0.2, -0.15) is 0 Å². The molecule has 30 heavy (non-hydrogen) atoms. The van der Waals surface area contributed by atoms with E-state index >= 15 is 0 Å². The third kappa shape index (κ3) is 4.30. The Morgan fingerprint density at radius 2 is 2.13 bits per heavy atom. The largest absolute Gasteiger partial charge is 0.376 e. The fraction of sp³-hybridized carbons (Fsp3) is 0.364. The molecule has 3 unspecified atom stereocenters. The second kappa shape index (κ2) is 8.67. The monoisotopic (exact) mass is 429 g/mol. The number of carbonyl (C=O) groups is 1. The Bertz CT molecular complexity index is 987. The van der Waals surface area contributed by atoms with E-state index in [-0.39, 0.29) is 29.5 Å². The van der Waals surface area contributed by atoms with Gasteiger partial charge in [-0.3, -0.25) is 10.1 Å². The summed E-state index contributed by atoms with van der Waals surface area (Å²) in [4.78, 5) is 16.1. The molecule has 1 aromatic carbocycles. The van der Waals surface area contributed by atoms with Gasteiger partial charge < -0.3 is 14.5 Å². The maximum atomic E-state index is 13.4. The molecule has 3 atom stereocenters. The number of aromatic nitrogens is 1. The average Bonchev–Trinajstić information content (AvgIpc) is 3.41. The highest BCUT2D eigenvalue weighted by molar-refractivity contribution is 7.10. The Morgan fingerprint density at radius 3 is 2.80 bits per heavy atom. The highest BCUT2D eigenvalue weighted by Crippen LogP contribution is 2.30. The quantitative estimate of drug-likeness (QED) is 0.639. The Balaban J connectivity index is 1.60. The minimum Gasteiger partial charge on any atom is -0.376 e. The van der Waals surface area contributed by atoms with Crippen LogP contribution in [0.4, 0.5) is 4.39 Å². The molecule has 0 radical (unpaired) electrons. The first-order valence-electron chi connectivity index (χ1n) is 9.93. The molecule has 6 nitrogen and oxygen atoms in total. The smallest absolute Gasteiger partial charge is 0.276 e. The third-order valence-electron chi connectivity index (χ3n) is 5.23. The molecule has 1 aliphatic heterocycles. The van der Waals surface area contributed by atoms with Crippen LogP contribution in [0.1, 0.15) is 41.7 Å². The molecular formula is C22H24FN3O3S. The lowest BCUT2D eigenvalue weighted by Gasteiger charge is -2.43. The van der Waals surface area contributed by atoms with E-state index in [4.69, 9.17) is 4.52 Å². The van der Waals surface area contributed by atoms with Crippen molar-refractivity contribution in [1.29, 1.82) is 0 Å². The van der Waals surface area contributed by atoms with E-state index in [1.807, 2.05) is 17.5 Å². The maximum Gasteiger partial charge on any atom is 0.276 e. The SMILES string of the molecule is CC(C)CC1C(O)NC(c2cccs2)CN1C(=O)c1cc(-c2ccc(F)cc2)on1. The van der Waals surface area contributed by atoms with E-state index in [0.29, 0.717) is 30.2 Å². The van der Waals surface area contributed by atoms with E-state index in [1.54, 1.807) is 34.4 Å². The number of carbonyl (C=O) groups excluding carboxylic acids is 1. The minimum absolute atomic E-state index is 0.157. The second-order valence-electron chi connectivity index (χ2n) is 7.92. The number of nitrogens with zero attached hydrogens (tertiary/aromatic N) is 2. The van der Waals surface area contributed by atoms with Crippen molar-refractivity contribution in [3.8, 4) is 11.3 Å². The molecule has 1 aliphatic rings. The number of hydrogen-bond donors (Lipinski definition) is 2. The molecule has 1 amide bonds. The molecule has 2 aromatic heterocycles. The lowest BCUT2D eigenvalue weighted by atomic mass is 9.96. The molecule has 1 fully saturated rings. The summed E-state index contributed by atoms with van der Waals surface area (Å²) >= 11 is 1.58. The van der Waals surface area contributed by atoms with Gasteiger partial charge in [-0.15, -0.1) is 11.3 Å². The number of thiophene rings is 1. The number of aliphatic hydroxyl groups excluding tert-OH is 1. The summed E-state index contributed by atoms with van der Waals surface area (Å²) < 4.78 is 18.5. The minimum atomic E-state index is -0.847. The fourth-order valence-electron chi connectivity index (χ4n) is 3.78. The van der Waals surface area contributed by atoms with Gasteiger partial charge in [-0.25, -0.2) is 4.39 Å². The standard InChI is InChI=1S/C22H24FN3O3S/c1-13(2)10-18-21(27)24-17(20-4-3-9-30-20)12-26(18)22(28)16-11-19(29-25-16)14-5-7-15(23)8-6-14/h3-9,11,13,17-18,21,24,27H,10,12H2,1-2H3. The van der Waals surface area contributed by atoms with Gasteiger partial charge in [0.05, 0.1) is 12.1 Å². The molecule has 0 spiro atoms. The summed E-state index contributed by atoms with van der Waals surface area (Å²) in [6.45, 7) is 4.54. The Morgan fingerprint density at radius 1 is 1.37 bits per heavy atom. The number of benzene rings is 1. The van der Waals surface area contributed by atoms with Gasteiger partial charge in [0.25, 0.3) is 5.91 Å². The van der Waals surface area contributed by atoms with Crippen molar-refractivity contribution in [3.05, 3.63) is 64.2 Å². The van der Waals surface area contributed by atoms with Crippen LogP contribution in [0.3, 0.4) is 0 Å². The van der Waals surface area contributed by atoms with Crippen molar-refractivity contribution in [2.75, 3.05) is 6.54 Å². The summed E-state index contributed by atoms with van der Waals surface area (Å²) in [5.41, 5.74) is 0.806. The van der Waals surface area contributed by atoms with Crippen LogP contribution in [-0.2, 0) is 0 Å². The first-order valence-corrected chi connectivity index (χ1v) is 10.8. The van der Waals surface area contributed by atoms with Gasteiger partial charge in [0.2, 0.25) is 0 Å². The van der Waals surface area contributed by atoms with Crippen LogP contribution in [0.25, 0.3) is 11.3 Å². The number of piperazine rings is 1. The first-order chi connectivity index (χ1) is 14.4. The maximum absolute atomic E-state index is 13.4. The Hall–Kier alpha value is -2.55. The predicted molar refractivity (Wildman–Crippen MR) is 112 cm³/mol. The normalized spacial score (nSPS) is 21.9. The number of nitrogens with one attached hydrogen (secondary N) is 1. The van der Waals surface area contributed by atoms with Gasteiger partial charge in [0.1, 0.15) is 12.0 Å². The van der Waals surface area contributed by atoms with Crippen molar-refractivity contribution in [1.82, 2.24) is 15.4 Å². The highest BCUT2D eigenvalue weighted by Gasteiger charge is 2.39. The molecule has 0 bridgehead atoms. The van der Waals surface area contributed by atoms with Crippen LogP contribution in [0.2, 0.25) is 0 Å². The summed E-state index contributed by atoms with van der Waals surface area (Å²) in [6.07, 6.45) is -0.194. The summed E-state index contributed by atoms with van der Waals surface area (Å²) in [7, 11) is 0. The number of hydrogen-bond acceptors (Lipinski definition) is 6. The zero-order valence-corrected chi connectivity index (χ0v) is 17.6. The number of rotatable bonds is 5. The van der Waals surface area contributed by atoms with E-state index in [9.17, 15) is 14.3 Å². The molecule has 158 valence electrons. The Labute approximate surface area is 178 Å². The number of aliphatic hydroxyl groups is 1. The molecule has 0 saturated carbocycles. The zero-order valence-electron chi connectivity index (χ0n) is 16.8. The van der Waals surface area contributed by atoms with E-state index in [2.05, 4.69) is 24.3 Å². The highest BCUT2D eigenvalue weighted by atomic mass is 32.1. The van der Waals surface area contributed by atoms with Gasteiger partial charge in [0, 0.05) is 23.1 Å². The summed E-state index contributed by atoms with van der Waals surface area (Å²) in [6, 6.07) is 10.8. The van der Waals surface area contributed by atoms with Crippen molar-refractivity contribution in [2.24, 2.45) is 5.92 Å². The van der Waals surface area contributed by atoms with Crippen molar-refractivity contribution in [3.63, 3.8) is 0 Å². The van der Waals surface area contributed by atoms with E-state index in [0.717, 1.165) is 4.88 Å². The van der Waals surface area contributed by atoms with E-state index < -0.39 is 6.23 Å². The van der Waals surface area contributed by atoms with Crippen LogP contribution in [0.5, 0.6) is 0 Å². The van der Waals surface area contributed by atoms with Crippen LogP contribution in [0.15, 0.2) is 52.4 Å². The van der Waals surface area contributed by atoms with Gasteiger partial charge in [-0.1, -0.05) is 25.1 Å². The first kappa shape index (κ1) is 20.7. The fourth-order valence-corrected chi connectivity index (χ4v) is 4.56. The molecule has 0 aliphatic carbocycles. The van der Waals surface area contributed by atoms with Crippen molar-refractivity contribution in [2.45, 2.75) is 38.6 Å². The lowest BCUT2D eigenvalue weighted by Crippen LogP contribution is -2.60. The van der Waals surface area contributed by atoms with Gasteiger partial charge >= 0.3 is 0 Å². The van der Waals surface area contributed by atoms with Gasteiger partial charge in [0.15, 0.2) is 11.5 Å². The van der Waals surface area contributed by atoms with Crippen molar-refractivity contribution < 1.29 is 18.8 Å². The Kier molecular flexibility index (Phi) is 5.99. The molecule has 3 heterocycles.